The first-order valence-electron chi connectivity index (χ1n) is 17.0. The number of hydrogen-bond acceptors (Lipinski definition) is 8. The number of esters is 1. The lowest BCUT2D eigenvalue weighted by atomic mass is 9.35. The Balaban J connectivity index is 1.41. The molecule has 248 valence electrons. The van der Waals surface area contributed by atoms with E-state index >= 15 is 0 Å². The Hall–Kier alpha value is -1.29. The average molecular weight is 617 g/mol. The average Bonchev–Trinajstić information content (AvgIpc) is 2.95. The molecule has 0 amide bonds. The monoisotopic (exact) mass is 616 g/mol. The summed E-state index contributed by atoms with van der Waals surface area (Å²) >= 11 is 0. The molecule has 0 aromatic carbocycles. The second-order valence-corrected chi connectivity index (χ2v) is 17.5. The van der Waals surface area contributed by atoms with Crippen molar-refractivity contribution in [3.8, 4) is 0 Å². The van der Waals surface area contributed by atoms with Gasteiger partial charge in [0.2, 0.25) is 6.29 Å². The number of carbonyl (C=O) groups excluding carboxylic acids is 1. The van der Waals surface area contributed by atoms with E-state index in [1.54, 1.807) is 0 Å². The van der Waals surface area contributed by atoms with Crippen molar-refractivity contribution in [3.05, 3.63) is 23.3 Å². The Bertz CT molecular complexity index is 1240. The smallest absolute Gasteiger partial charge is 0.318 e. The van der Waals surface area contributed by atoms with Crippen LogP contribution in [0.2, 0.25) is 0 Å². The molecule has 1 aliphatic heterocycles. The minimum absolute atomic E-state index is 0.00622. The largest absolute Gasteiger partial charge is 0.432 e. The van der Waals surface area contributed by atoms with Gasteiger partial charge in [-0.15, -0.1) is 0 Å². The fourth-order valence-corrected chi connectivity index (χ4v) is 11.3. The van der Waals surface area contributed by atoms with E-state index in [1.807, 2.05) is 0 Å². The Labute approximate surface area is 262 Å². The molecule has 5 aliphatic carbocycles. The summed E-state index contributed by atoms with van der Waals surface area (Å²) in [6.45, 7) is 15.8. The van der Waals surface area contributed by atoms with Crippen LogP contribution in [0.5, 0.6) is 0 Å². The predicted molar refractivity (Wildman–Crippen MR) is 165 cm³/mol. The van der Waals surface area contributed by atoms with E-state index in [0.717, 1.165) is 50.5 Å². The summed E-state index contributed by atoms with van der Waals surface area (Å²) in [5, 5.41) is 52.0. The van der Waals surface area contributed by atoms with Crippen LogP contribution in [0.3, 0.4) is 0 Å². The third-order valence-corrected chi connectivity index (χ3v) is 14.5. The summed E-state index contributed by atoms with van der Waals surface area (Å²) in [6, 6.07) is 0. The lowest BCUT2D eigenvalue weighted by Gasteiger charge is -2.69. The van der Waals surface area contributed by atoms with Crippen LogP contribution < -0.4 is 0 Å². The third kappa shape index (κ3) is 4.33. The molecule has 6 aliphatic rings. The van der Waals surface area contributed by atoms with Gasteiger partial charge in [-0.2, -0.15) is 0 Å². The number of aliphatic hydroxyl groups excluding tert-OH is 5. The molecule has 1 saturated heterocycles. The van der Waals surface area contributed by atoms with Gasteiger partial charge in [-0.25, -0.2) is 0 Å². The van der Waals surface area contributed by atoms with E-state index in [1.165, 1.54) is 5.57 Å². The zero-order chi connectivity index (χ0) is 32.3. The molecule has 12 atom stereocenters. The van der Waals surface area contributed by atoms with Gasteiger partial charge in [-0.05, 0) is 108 Å². The summed E-state index contributed by atoms with van der Waals surface area (Å²) in [4.78, 5) is 14.3. The lowest BCUT2D eigenvalue weighted by Crippen LogP contribution is -2.63. The molecule has 0 spiro atoms. The first-order chi connectivity index (χ1) is 20.4. The maximum atomic E-state index is 14.3. The second kappa shape index (κ2) is 10.4. The first kappa shape index (κ1) is 32.6. The topological polar surface area (TPSA) is 137 Å². The van der Waals surface area contributed by atoms with Gasteiger partial charge >= 0.3 is 5.97 Å². The third-order valence-electron chi connectivity index (χ3n) is 14.5. The van der Waals surface area contributed by atoms with E-state index in [0.29, 0.717) is 24.7 Å². The highest BCUT2D eigenvalue weighted by molar-refractivity contribution is 5.82. The van der Waals surface area contributed by atoms with E-state index in [4.69, 9.17) is 9.47 Å². The molecule has 0 aromatic rings. The SMILES string of the molecule is CC1(C)CC[C@]2(C(=O)O[C@@H]3O[C@H](CO)[C@@H](O)[C@H](O)[C@H]3O)CC[C@]3(C)C(=C2C1)C=C[C@@H]1[C@@]2(C)CC[C@H](O)C(C)(C)[C@@H]2CC[C@]13C. The first-order valence-corrected chi connectivity index (χ1v) is 17.0. The molecule has 44 heavy (non-hydrogen) atoms. The van der Waals surface area contributed by atoms with Gasteiger partial charge < -0.3 is 35.0 Å². The standard InChI is InChI=1S/C36H56O8/c1-31(2)14-16-36(30(42)44-29-28(41)27(40)26(39)22(19-37)43-29)17-15-34(6)20(21(36)18-31)8-9-24-33(5)12-11-25(38)32(3,4)23(33)10-13-35(24,34)7/h8-9,22-29,37-41H,10-19H2,1-7H3/t22-,23+,24-,25+,26-,27+,28-,29+,33+,34-,35-,36+/m1/s1. The van der Waals surface area contributed by atoms with Crippen LogP contribution in [0.25, 0.3) is 0 Å². The van der Waals surface area contributed by atoms with Crippen molar-refractivity contribution in [2.24, 2.45) is 44.3 Å². The molecular weight excluding hydrogens is 560 g/mol. The highest BCUT2D eigenvalue weighted by atomic mass is 16.7. The maximum Gasteiger partial charge on any atom is 0.318 e. The van der Waals surface area contributed by atoms with Crippen LogP contribution in [0.4, 0.5) is 0 Å². The van der Waals surface area contributed by atoms with Crippen LogP contribution in [0.15, 0.2) is 23.3 Å². The lowest BCUT2D eigenvalue weighted by molar-refractivity contribution is -0.295. The summed E-state index contributed by atoms with van der Waals surface area (Å²) < 4.78 is 11.5. The molecule has 0 aromatic heterocycles. The van der Waals surface area contributed by atoms with Gasteiger partial charge in [-0.3, -0.25) is 4.79 Å². The van der Waals surface area contributed by atoms with E-state index < -0.39 is 48.7 Å². The Morgan fingerprint density at radius 1 is 0.886 bits per heavy atom. The summed E-state index contributed by atoms with van der Waals surface area (Å²) in [5.41, 5.74) is 1.33. The summed E-state index contributed by atoms with van der Waals surface area (Å²) in [6.07, 6.45) is 4.86. The Kier molecular flexibility index (Phi) is 7.68. The van der Waals surface area contributed by atoms with E-state index in [9.17, 15) is 30.3 Å². The van der Waals surface area contributed by atoms with Crippen molar-refractivity contribution in [2.75, 3.05) is 6.61 Å². The van der Waals surface area contributed by atoms with E-state index in [2.05, 4.69) is 60.6 Å². The normalized spacial score (nSPS) is 51.0. The predicted octanol–water partition coefficient (Wildman–Crippen LogP) is 4.41. The minimum atomic E-state index is -1.62. The van der Waals surface area contributed by atoms with Crippen LogP contribution in [-0.4, -0.2) is 74.9 Å². The van der Waals surface area contributed by atoms with Gasteiger partial charge in [0, 0.05) is 0 Å². The molecule has 8 heteroatoms. The van der Waals surface area contributed by atoms with Crippen molar-refractivity contribution < 1.29 is 39.8 Å². The van der Waals surface area contributed by atoms with Crippen molar-refractivity contribution in [1.82, 2.24) is 0 Å². The zero-order valence-corrected chi connectivity index (χ0v) is 27.8. The number of carbonyl (C=O) groups is 1. The van der Waals surface area contributed by atoms with Crippen LogP contribution >= 0.6 is 0 Å². The Morgan fingerprint density at radius 2 is 1.57 bits per heavy atom. The highest BCUT2D eigenvalue weighted by Gasteiger charge is 2.67. The van der Waals surface area contributed by atoms with Gasteiger partial charge in [-0.1, -0.05) is 60.6 Å². The van der Waals surface area contributed by atoms with Gasteiger partial charge in [0.1, 0.15) is 24.4 Å². The molecule has 0 bridgehead atoms. The fourth-order valence-electron chi connectivity index (χ4n) is 11.3. The maximum absolute atomic E-state index is 14.3. The molecule has 5 N–H and O–H groups in total. The quantitative estimate of drug-likeness (QED) is 0.294. The molecule has 0 unspecified atom stereocenters. The van der Waals surface area contributed by atoms with Gasteiger partial charge in [0.15, 0.2) is 0 Å². The molecular formula is C36H56O8. The Morgan fingerprint density at radius 3 is 2.25 bits per heavy atom. The molecule has 4 fully saturated rings. The van der Waals surface area contributed by atoms with Crippen molar-refractivity contribution >= 4 is 5.97 Å². The number of allylic oxidation sites excluding steroid dienone is 3. The van der Waals surface area contributed by atoms with Gasteiger partial charge in [0.05, 0.1) is 18.1 Å². The van der Waals surface area contributed by atoms with E-state index in [-0.39, 0.29) is 33.2 Å². The highest BCUT2D eigenvalue weighted by Crippen LogP contribution is 2.74. The molecule has 3 saturated carbocycles. The number of aliphatic hydroxyl groups is 5. The fraction of sp³-hybridized carbons (Fsp3) is 0.861. The van der Waals surface area contributed by atoms with Crippen LogP contribution in [0.1, 0.15) is 106 Å². The molecule has 1 heterocycles. The van der Waals surface area contributed by atoms with Crippen LogP contribution in [0, 0.1) is 44.3 Å². The van der Waals surface area contributed by atoms with Crippen molar-refractivity contribution in [1.29, 1.82) is 0 Å². The summed E-state index contributed by atoms with van der Waals surface area (Å²) in [5.74, 6) is 0.338. The van der Waals surface area contributed by atoms with Gasteiger partial charge in [0.25, 0.3) is 0 Å². The van der Waals surface area contributed by atoms with Crippen molar-refractivity contribution in [3.63, 3.8) is 0 Å². The number of hydrogen-bond donors (Lipinski definition) is 5. The molecule has 6 rings (SSSR count). The number of ether oxygens (including phenoxy) is 2. The molecule has 8 nitrogen and oxygen atoms in total. The minimum Gasteiger partial charge on any atom is -0.432 e. The summed E-state index contributed by atoms with van der Waals surface area (Å²) in [7, 11) is 0. The molecule has 0 radical (unpaired) electrons. The second-order valence-electron chi connectivity index (χ2n) is 17.5. The number of fused-ring (bicyclic) bond motifs is 6. The number of rotatable bonds is 3. The van der Waals surface area contributed by atoms with Crippen LogP contribution in [-0.2, 0) is 14.3 Å². The zero-order valence-electron chi connectivity index (χ0n) is 27.8. The van der Waals surface area contributed by atoms with Crippen molar-refractivity contribution in [2.45, 2.75) is 143 Å².